The van der Waals surface area contributed by atoms with E-state index in [4.69, 9.17) is 14.7 Å². The van der Waals surface area contributed by atoms with Crippen LogP contribution in [0.3, 0.4) is 0 Å². The highest BCUT2D eigenvalue weighted by molar-refractivity contribution is 7.85. The van der Waals surface area contributed by atoms with Crippen molar-refractivity contribution in [3.63, 3.8) is 0 Å². The highest BCUT2D eigenvalue weighted by Gasteiger charge is 2.45. The van der Waals surface area contributed by atoms with Crippen molar-refractivity contribution in [1.29, 1.82) is 0 Å². The van der Waals surface area contributed by atoms with Gasteiger partial charge in [0.05, 0.1) is 12.2 Å². The number of amides is 1. The number of phenols is 1. The maximum atomic E-state index is 12.1. The van der Waals surface area contributed by atoms with E-state index in [9.17, 15) is 28.5 Å². The van der Waals surface area contributed by atoms with Crippen LogP contribution < -0.4 is 10.5 Å². The Morgan fingerprint density at radius 2 is 1.97 bits per heavy atom. The van der Waals surface area contributed by atoms with Gasteiger partial charge in [0.2, 0.25) is 0 Å². The lowest BCUT2D eigenvalue weighted by atomic mass is 10.1. The first kappa shape index (κ1) is 21.8. The van der Waals surface area contributed by atoms with Crippen LogP contribution in [-0.4, -0.2) is 74.1 Å². The van der Waals surface area contributed by atoms with Crippen LogP contribution in [0.5, 0.6) is 5.75 Å². The average Bonchev–Trinajstić information content (AvgIpc) is 3.29. The fourth-order valence-corrected chi connectivity index (χ4v) is 3.92. The molecule has 1 saturated heterocycles. The van der Waals surface area contributed by atoms with E-state index in [2.05, 4.69) is 15.0 Å². The van der Waals surface area contributed by atoms with Gasteiger partial charge >= 0.3 is 10.3 Å². The number of nitrogens with zero attached hydrogens (tertiary/aromatic N) is 4. The lowest BCUT2D eigenvalue weighted by Crippen LogP contribution is -2.37. The highest BCUT2D eigenvalue weighted by atomic mass is 32.2. The minimum atomic E-state index is -4.63. The Balaban J connectivity index is 1.45. The zero-order chi connectivity index (χ0) is 23.0. The minimum absolute atomic E-state index is 0.0620. The maximum absolute atomic E-state index is 12.1. The third-order valence-electron chi connectivity index (χ3n) is 4.76. The number of carbonyl (C=O) groups excluding carboxylic acids is 1. The molecule has 1 amide bonds. The van der Waals surface area contributed by atoms with Crippen LogP contribution in [0.4, 0.5) is 5.82 Å². The number of anilines is 1. The van der Waals surface area contributed by atoms with Gasteiger partial charge in [-0.3, -0.25) is 13.5 Å². The molecule has 6 N–H and O–H groups in total. The van der Waals surface area contributed by atoms with Gasteiger partial charge < -0.3 is 25.8 Å². The second-order valence-corrected chi connectivity index (χ2v) is 8.16. The largest absolute Gasteiger partial charge is 0.507 e. The number of fused-ring (bicyclic) bond motifs is 1. The zero-order valence-corrected chi connectivity index (χ0v) is 17.0. The first-order chi connectivity index (χ1) is 15.2. The molecule has 0 spiro atoms. The molecule has 1 aromatic carbocycles. The van der Waals surface area contributed by atoms with E-state index in [1.165, 1.54) is 41.5 Å². The van der Waals surface area contributed by atoms with Crippen molar-refractivity contribution in [2.45, 2.75) is 24.5 Å². The van der Waals surface area contributed by atoms with E-state index in [1.54, 1.807) is 4.72 Å². The number of phenolic OH excluding ortho intramolecular Hbond substituents is 1. The number of ether oxygens (including phenoxy) is 1. The van der Waals surface area contributed by atoms with Gasteiger partial charge in [0.25, 0.3) is 5.91 Å². The molecule has 3 heterocycles. The van der Waals surface area contributed by atoms with Crippen molar-refractivity contribution < 1.29 is 37.5 Å². The molecule has 4 rings (SSSR count). The van der Waals surface area contributed by atoms with Gasteiger partial charge in [-0.15, -0.1) is 0 Å². The Morgan fingerprint density at radius 3 is 2.72 bits per heavy atom. The van der Waals surface area contributed by atoms with Crippen LogP contribution in [0.2, 0.25) is 0 Å². The number of benzene rings is 1. The van der Waals surface area contributed by atoms with Crippen LogP contribution >= 0.6 is 0 Å². The number of nitrogen functional groups attached to an aromatic ring is 1. The van der Waals surface area contributed by atoms with Crippen LogP contribution in [0, 0.1) is 0 Å². The number of para-hydroxylation sites is 1. The summed E-state index contributed by atoms with van der Waals surface area (Å²) >= 11 is 0. The summed E-state index contributed by atoms with van der Waals surface area (Å²) < 4.78 is 37.5. The van der Waals surface area contributed by atoms with Crippen LogP contribution in [0.1, 0.15) is 16.6 Å². The van der Waals surface area contributed by atoms with Crippen molar-refractivity contribution in [3.05, 3.63) is 42.5 Å². The molecule has 1 aliphatic heterocycles. The van der Waals surface area contributed by atoms with E-state index in [0.717, 1.165) is 0 Å². The molecule has 0 bridgehead atoms. The van der Waals surface area contributed by atoms with Crippen molar-refractivity contribution in [2.24, 2.45) is 0 Å². The molecular weight excluding hydrogens is 448 g/mol. The Morgan fingerprint density at radius 1 is 1.22 bits per heavy atom. The number of nitrogens with one attached hydrogen (secondary N) is 1. The van der Waals surface area contributed by atoms with Gasteiger partial charge in [-0.1, -0.05) is 12.1 Å². The lowest BCUT2D eigenvalue weighted by molar-refractivity contribution is -0.0466. The van der Waals surface area contributed by atoms with Crippen LogP contribution in [0.25, 0.3) is 11.2 Å². The SMILES string of the molecule is Nc1ncnc2ncn([C@@H]3O[C@H](COS(=O)(=O)NC(=O)c4ccccc4O)[C@@H](O)[C@H]3O)c12. The molecule has 32 heavy (non-hydrogen) atoms. The minimum Gasteiger partial charge on any atom is -0.507 e. The summed E-state index contributed by atoms with van der Waals surface area (Å²) in [7, 11) is -4.63. The number of aliphatic hydroxyl groups excluding tert-OH is 2. The van der Waals surface area contributed by atoms with Crippen molar-refractivity contribution in [1.82, 2.24) is 24.2 Å². The number of imidazole rings is 1. The maximum Gasteiger partial charge on any atom is 0.362 e. The first-order valence-corrected chi connectivity index (χ1v) is 10.5. The summed E-state index contributed by atoms with van der Waals surface area (Å²) in [5.74, 6) is -1.47. The van der Waals surface area contributed by atoms with Gasteiger partial charge in [0.15, 0.2) is 17.7 Å². The molecule has 0 saturated carbocycles. The summed E-state index contributed by atoms with van der Waals surface area (Å²) in [6.07, 6.45) is -3.00. The van der Waals surface area contributed by atoms with Crippen molar-refractivity contribution in [3.8, 4) is 5.75 Å². The van der Waals surface area contributed by atoms with Crippen molar-refractivity contribution in [2.75, 3.05) is 12.3 Å². The molecule has 14 nitrogen and oxygen atoms in total. The Labute approximate surface area is 180 Å². The molecule has 170 valence electrons. The van der Waals surface area contributed by atoms with Gasteiger partial charge in [-0.05, 0) is 12.1 Å². The van der Waals surface area contributed by atoms with E-state index in [0.29, 0.717) is 0 Å². The number of aromatic hydroxyl groups is 1. The average molecular weight is 466 g/mol. The van der Waals surface area contributed by atoms with Crippen LogP contribution in [-0.2, 0) is 19.2 Å². The molecule has 1 aliphatic rings. The fourth-order valence-electron chi connectivity index (χ4n) is 3.21. The van der Waals surface area contributed by atoms with E-state index < -0.39 is 53.1 Å². The number of nitrogens with two attached hydrogens (primary N) is 1. The summed E-state index contributed by atoms with van der Waals surface area (Å²) in [4.78, 5) is 23.9. The normalized spacial score (nSPS) is 23.4. The third-order valence-corrected chi connectivity index (χ3v) is 5.64. The molecule has 4 atom stereocenters. The topological polar surface area (TPSA) is 212 Å². The van der Waals surface area contributed by atoms with E-state index >= 15 is 0 Å². The number of aliphatic hydroxyl groups is 2. The summed E-state index contributed by atoms with van der Waals surface area (Å²) in [6, 6.07) is 5.32. The molecule has 2 aromatic heterocycles. The van der Waals surface area contributed by atoms with Gasteiger partial charge in [-0.25, -0.2) is 19.7 Å². The number of aromatic nitrogens is 4. The molecule has 0 unspecified atom stereocenters. The predicted octanol–water partition coefficient (Wildman–Crippen LogP) is -1.58. The quantitative estimate of drug-likeness (QED) is 0.279. The Bertz CT molecular complexity index is 1260. The predicted molar refractivity (Wildman–Crippen MR) is 106 cm³/mol. The second kappa shape index (κ2) is 8.29. The first-order valence-electron chi connectivity index (χ1n) is 9.12. The summed E-state index contributed by atoms with van der Waals surface area (Å²) in [6.45, 7) is -0.725. The third kappa shape index (κ3) is 4.06. The smallest absolute Gasteiger partial charge is 0.362 e. The van der Waals surface area contributed by atoms with Crippen molar-refractivity contribution >= 4 is 33.2 Å². The molecule has 0 radical (unpaired) electrons. The standard InChI is InChI=1S/C17H18N6O8S/c18-14-11-15(20-6-19-14)21-7-23(11)17-13(26)12(25)10(31-17)5-30-32(28,29)22-16(27)8-3-1-2-4-9(8)24/h1-4,6-7,10,12-13,17,24-26H,5H2,(H,22,27)(H2,18,19,20)/t10-,12-,13-,17-/m1/s1. The van der Waals surface area contributed by atoms with Gasteiger partial charge in [-0.2, -0.15) is 8.42 Å². The van der Waals surface area contributed by atoms with Gasteiger partial charge in [0, 0.05) is 0 Å². The number of rotatable bonds is 6. The molecule has 15 heteroatoms. The Kier molecular flexibility index (Phi) is 5.66. The second-order valence-electron chi connectivity index (χ2n) is 6.82. The number of carbonyl (C=O) groups is 1. The summed E-state index contributed by atoms with van der Waals surface area (Å²) in [5, 5.41) is 30.3. The molecule has 1 fully saturated rings. The molecule has 3 aromatic rings. The highest BCUT2D eigenvalue weighted by Crippen LogP contribution is 2.32. The monoisotopic (exact) mass is 466 g/mol. The lowest BCUT2D eigenvalue weighted by Gasteiger charge is -2.17. The van der Waals surface area contributed by atoms with Crippen LogP contribution in [0.15, 0.2) is 36.9 Å². The number of hydrogen-bond acceptors (Lipinski definition) is 12. The van der Waals surface area contributed by atoms with E-state index in [1.807, 2.05) is 0 Å². The van der Waals surface area contributed by atoms with E-state index in [-0.39, 0.29) is 22.5 Å². The fraction of sp³-hybridized carbons (Fsp3) is 0.294. The molecule has 0 aliphatic carbocycles. The number of hydrogen-bond donors (Lipinski definition) is 5. The summed E-state index contributed by atoms with van der Waals surface area (Å²) in [5.41, 5.74) is 6.04. The molecular formula is C17H18N6O8S. The van der Waals surface area contributed by atoms with Gasteiger partial charge in [0.1, 0.15) is 42.2 Å². The zero-order valence-electron chi connectivity index (χ0n) is 16.1. The Hall–Kier alpha value is -3.37.